The van der Waals surface area contributed by atoms with E-state index in [0.29, 0.717) is 5.92 Å². The van der Waals surface area contributed by atoms with Crippen molar-refractivity contribution < 1.29 is 14.3 Å². The summed E-state index contributed by atoms with van der Waals surface area (Å²) in [6.07, 6.45) is 7.02. The van der Waals surface area contributed by atoms with E-state index in [1.807, 2.05) is 25.3 Å². The topological polar surface area (TPSA) is 64.4 Å². The van der Waals surface area contributed by atoms with Crippen molar-refractivity contribution in [3.05, 3.63) is 40.7 Å². The molecule has 1 saturated heterocycles. The molecule has 6 nitrogen and oxygen atoms in total. The predicted molar refractivity (Wildman–Crippen MR) is 106 cm³/mol. The first-order chi connectivity index (χ1) is 13.0. The van der Waals surface area contributed by atoms with Gasteiger partial charge in [-0.05, 0) is 50.3 Å². The highest BCUT2D eigenvalue weighted by Crippen LogP contribution is 2.23. The number of carbonyl (C=O) groups is 2. The largest absolute Gasteiger partial charge is 0.452 e. The van der Waals surface area contributed by atoms with Gasteiger partial charge in [-0.3, -0.25) is 9.36 Å². The molecule has 0 saturated carbocycles. The minimum Gasteiger partial charge on any atom is -0.452 e. The number of piperidine rings is 1. The molecular weight excluding hydrogens is 362 g/mol. The fourth-order valence-corrected chi connectivity index (χ4v) is 4.17. The van der Waals surface area contributed by atoms with Gasteiger partial charge >= 0.3 is 5.97 Å². The van der Waals surface area contributed by atoms with Crippen LogP contribution in [0.4, 0.5) is 0 Å². The fraction of sp³-hybridized carbons (Fsp3) is 0.450. The zero-order valence-electron chi connectivity index (χ0n) is 16.0. The lowest BCUT2D eigenvalue weighted by Crippen LogP contribution is -2.41. The van der Waals surface area contributed by atoms with Crippen LogP contribution in [0.5, 0.6) is 0 Å². The van der Waals surface area contributed by atoms with E-state index < -0.39 is 5.97 Å². The zero-order chi connectivity index (χ0) is 19.4. The minimum absolute atomic E-state index is 0.120. The smallest absolute Gasteiger partial charge is 0.331 e. The Hall–Kier alpha value is -2.41. The van der Waals surface area contributed by atoms with Gasteiger partial charge in [-0.2, -0.15) is 0 Å². The predicted octanol–water partition coefficient (Wildman–Crippen LogP) is 3.37. The molecule has 1 amide bonds. The maximum absolute atomic E-state index is 12.2. The lowest BCUT2D eigenvalue weighted by atomic mass is 10.0. The summed E-state index contributed by atoms with van der Waals surface area (Å²) in [6.45, 7) is 7.42. The standard InChI is InChI=1S/C20H25N3O3S/c1-14-5-4-9-22(12-14)18(24)13-26-19(25)7-6-17-11-15(2)23(16(17)3)20-21-8-10-27-20/h6-8,10-11,14H,4-5,9,12-13H2,1-3H3/b7-6+. The van der Waals surface area contributed by atoms with Gasteiger partial charge in [0, 0.05) is 42.1 Å². The molecule has 0 N–H and O–H groups in total. The van der Waals surface area contributed by atoms with E-state index in [4.69, 9.17) is 4.74 Å². The van der Waals surface area contributed by atoms with Crippen LogP contribution in [0.1, 0.15) is 36.7 Å². The number of hydrogen-bond donors (Lipinski definition) is 0. The van der Waals surface area contributed by atoms with Crippen LogP contribution in [0.15, 0.2) is 23.7 Å². The maximum Gasteiger partial charge on any atom is 0.331 e. The Morgan fingerprint density at radius 3 is 2.93 bits per heavy atom. The van der Waals surface area contributed by atoms with Crippen LogP contribution >= 0.6 is 11.3 Å². The van der Waals surface area contributed by atoms with Crippen LogP contribution in [-0.2, 0) is 14.3 Å². The highest BCUT2D eigenvalue weighted by atomic mass is 32.1. The van der Waals surface area contributed by atoms with Crippen LogP contribution in [0.25, 0.3) is 11.2 Å². The third-order valence-electron chi connectivity index (χ3n) is 4.83. The van der Waals surface area contributed by atoms with E-state index in [1.165, 1.54) is 6.08 Å². The summed E-state index contributed by atoms with van der Waals surface area (Å²) >= 11 is 1.56. The second kappa shape index (κ2) is 8.52. The molecule has 2 aromatic heterocycles. The van der Waals surface area contributed by atoms with E-state index in [1.54, 1.807) is 28.5 Å². The molecule has 0 bridgehead atoms. The molecule has 0 aliphatic carbocycles. The van der Waals surface area contributed by atoms with Gasteiger partial charge in [-0.1, -0.05) is 6.92 Å². The lowest BCUT2D eigenvalue weighted by molar-refractivity contribution is -0.149. The van der Waals surface area contributed by atoms with Crippen LogP contribution in [-0.4, -0.2) is 46.0 Å². The lowest BCUT2D eigenvalue weighted by Gasteiger charge is -2.30. The maximum atomic E-state index is 12.2. The highest BCUT2D eigenvalue weighted by Gasteiger charge is 2.21. The number of thiazole rings is 1. The van der Waals surface area contributed by atoms with E-state index in [2.05, 4.69) is 16.5 Å². The molecular formula is C20H25N3O3S. The number of amides is 1. The molecule has 3 rings (SSSR count). The molecule has 0 spiro atoms. The highest BCUT2D eigenvalue weighted by molar-refractivity contribution is 7.12. The van der Waals surface area contributed by atoms with Crippen molar-refractivity contribution >= 4 is 29.3 Å². The molecule has 1 aliphatic rings. The van der Waals surface area contributed by atoms with Crippen molar-refractivity contribution in [3.8, 4) is 5.13 Å². The number of esters is 1. The van der Waals surface area contributed by atoms with Crippen molar-refractivity contribution in [2.24, 2.45) is 5.92 Å². The summed E-state index contributed by atoms with van der Waals surface area (Å²) < 4.78 is 7.18. The number of likely N-dealkylation sites (tertiary alicyclic amines) is 1. The molecule has 0 aromatic carbocycles. The summed E-state index contributed by atoms with van der Waals surface area (Å²) in [7, 11) is 0. The summed E-state index contributed by atoms with van der Waals surface area (Å²) in [5, 5.41) is 2.83. The summed E-state index contributed by atoms with van der Waals surface area (Å²) in [5.74, 6) is -0.121. The van der Waals surface area contributed by atoms with Gasteiger partial charge in [0.15, 0.2) is 11.7 Å². The molecule has 7 heteroatoms. The summed E-state index contributed by atoms with van der Waals surface area (Å²) in [5.41, 5.74) is 2.98. The number of carbonyl (C=O) groups excluding carboxylic acids is 2. The van der Waals surface area contributed by atoms with Crippen LogP contribution < -0.4 is 0 Å². The number of nitrogens with zero attached hydrogens (tertiary/aromatic N) is 3. The molecule has 1 aliphatic heterocycles. The van der Waals surface area contributed by atoms with Crippen LogP contribution in [0.2, 0.25) is 0 Å². The van der Waals surface area contributed by atoms with Crippen molar-refractivity contribution in [3.63, 3.8) is 0 Å². The Labute approximate surface area is 163 Å². The number of aryl methyl sites for hydroxylation is 1. The number of rotatable bonds is 5. The Morgan fingerprint density at radius 2 is 2.22 bits per heavy atom. The zero-order valence-corrected chi connectivity index (χ0v) is 16.8. The van der Waals surface area contributed by atoms with Crippen molar-refractivity contribution in [2.75, 3.05) is 19.7 Å². The van der Waals surface area contributed by atoms with Crippen molar-refractivity contribution in [1.82, 2.24) is 14.5 Å². The van der Waals surface area contributed by atoms with Crippen molar-refractivity contribution in [1.29, 1.82) is 0 Å². The van der Waals surface area contributed by atoms with Crippen LogP contribution in [0, 0.1) is 19.8 Å². The van der Waals surface area contributed by atoms with Gasteiger partial charge in [0.2, 0.25) is 0 Å². The van der Waals surface area contributed by atoms with Crippen molar-refractivity contribution in [2.45, 2.75) is 33.6 Å². The van der Waals surface area contributed by atoms with Gasteiger partial charge < -0.3 is 9.64 Å². The van der Waals surface area contributed by atoms with Gasteiger partial charge in [0.05, 0.1) is 0 Å². The molecule has 2 aromatic rings. The van der Waals surface area contributed by atoms with Gasteiger partial charge in [0.25, 0.3) is 5.91 Å². The first-order valence-corrected chi connectivity index (χ1v) is 10.0. The third-order valence-corrected chi connectivity index (χ3v) is 5.58. The molecule has 3 heterocycles. The first-order valence-electron chi connectivity index (χ1n) is 9.17. The van der Waals surface area contributed by atoms with E-state index in [9.17, 15) is 9.59 Å². The Morgan fingerprint density at radius 1 is 1.41 bits per heavy atom. The van der Waals surface area contributed by atoms with Gasteiger partial charge in [-0.15, -0.1) is 11.3 Å². The molecule has 1 fully saturated rings. The number of ether oxygens (including phenoxy) is 1. The first kappa shape index (κ1) is 19.4. The minimum atomic E-state index is -0.507. The number of hydrogen-bond acceptors (Lipinski definition) is 5. The quantitative estimate of drug-likeness (QED) is 0.583. The van der Waals surface area contributed by atoms with Crippen LogP contribution in [0.3, 0.4) is 0 Å². The average Bonchev–Trinajstić information content (AvgIpc) is 3.25. The molecule has 0 radical (unpaired) electrons. The SMILES string of the molecule is Cc1cc(/C=C/C(=O)OCC(=O)N2CCCC(C)C2)c(C)n1-c1nccs1. The number of aromatic nitrogens is 2. The monoisotopic (exact) mass is 387 g/mol. The van der Waals surface area contributed by atoms with Gasteiger partial charge in [0.1, 0.15) is 0 Å². The fourth-order valence-electron chi connectivity index (χ4n) is 3.42. The normalized spacial score (nSPS) is 17.4. The molecule has 27 heavy (non-hydrogen) atoms. The van der Waals surface area contributed by atoms with E-state index in [-0.39, 0.29) is 12.5 Å². The molecule has 144 valence electrons. The molecule has 1 unspecified atom stereocenters. The second-order valence-corrected chi connectivity index (χ2v) is 7.88. The Kier molecular flexibility index (Phi) is 6.11. The summed E-state index contributed by atoms with van der Waals surface area (Å²) in [6, 6.07) is 2.00. The third kappa shape index (κ3) is 4.66. The Bertz CT molecular complexity index is 839. The second-order valence-electron chi connectivity index (χ2n) is 7.00. The Balaban J connectivity index is 1.57. The van der Waals surface area contributed by atoms with E-state index >= 15 is 0 Å². The van der Waals surface area contributed by atoms with Gasteiger partial charge in [-0.25, -0.2) is 9.78 Å². The van der Waals surface area contributed by atoms with E-state index in [0.717, 1.165) is 48.0 Å². The summed E-state index contributed by atoms with van der Waals surface area (Å²) in [4.78, 5) is 30.3. The molecule has 1 atom stereocenters. The average molecular weight is 388 g/mol.